The Labute approximate surface area is 297 Å². The molecular weight excluding hydrogens is 690 g/mol. The van der Waals surface area contributed by atoms with Crippen molar-refractivity contribution in [1.82, 2.24) is 20.0 Å². The smallest absolute Gasteiger partial charge is 0.352 e. The third-order valence-corrected chi connectivity index (χ3v) is 9.42. The molecule has 0 aromatic heterocycles. The highest BCUT2D eigenvalue weighted by Gasteiger charge is 2.59. The molecule has 2 aliphatic heterocycles. The van der Waals surface area contributed by atoms with Crippen LogP contribution in [0.15, 0.2) is 35.5 Å². The number of aliphatic hydroxyl groups excluding tert-OH is 1. The zero-order valence-corrected chi connectivity index (χ0v) is 28.8. The Morgan fingerprint density at radius 3 is 2.10 bits per heavy atom. The molecule has 15 nitrogen and oxygen atoms in total. The number of phenolic OH excluding ortho intramolecular Hbond substituents is 4. The van der Waals surface area contributed by atoms with E-state index in [1.165, 1.54) is 16.7 Å². The molecule has 52 heavy (non-hydrogen) atoms. The van der Waals surface area contributed by atoms with Crippen LogP contribution in [0.2, 0.25) is 0 Å². The number of carboxylic acid groups (broad SMARTS) is 1. The Balaban J connectivity index is 1.40. The molecule has 0 aliphatic carbocycles. The number of fused-ring (bicyclic) bond motifs is 1. The Hall–Kier alpha value is -5.29. The highest BCUT2D eigenvalue weighted by atomic mass is 19.1. The number of hydrogen-bond acceptors (Lipinski definition) is 11. The second-order valence-corrected chi connectivity index (χ2v) is 13.1. The van der Waals surface area contributed by atoms with Crippen molar-refractivity contribution < 1.29 is 63.4 Å². The van der Waals surface area contributed by atoms with Gasteiger partial charge in [0.1, 0.15) is 5.70 Å². The number of benzene rings is 2. The average Bonchev–Trinajstić information content (AvgIpc) is 3.32. The molecule has 0 radical (unpaired) electrons. The lowest BCUT2D eigenvalue weighted by Gasteiger charge is -2.46. The van der Waals surface area contributed by atoms with Gasteiger partial charge in [0.2, 0.25) is 11.8 Å². The lowest BCUT2D eigenvalue weighted by molar-refractivity contribution is -0.163. The molecule has 2 heterocycles. The summed E-state index contributed by atoms with van der Waals surface area (Å²) in [5.41, 5.74) is -0.651. The van der Waals surface area contributed by atoms with E-state index in [9.17, 15) is 63.4 Å². The molecule has 2 aromatic rings. The van der Waals surface area contributed by atoms with Crippen LogP contribution in [0.3, 0.4) is 0 Å². The van der Waals surface area contributed by atoms with Crippen molar-refractivity contribution in [3.05, 3.63) is 58.3 Å². The van der Waals surface area contributed by atoms with Crippen LogP contribution >= 0.6 is 0 Å². The maximum Gasteiger partial charge on any atom is 0.352 e. The molecule has 0 saturated carbocycles. The maximum atomic E-state index is 14.3. The van der Waals surface area contributed by atoms with Gasteiger partial charge in [-0.25, -0.2) is 13.6 Å². The number of nitrogens with one attached hydrogen (secondary N) is 1. The van der Waals surface area contributed by atoms with Gasteiger partial charge in [-0.3, -0.25) is 24.1 Å². The first-order valence-corrected chi connectivity index (χ1v) is 16.6. The van der Waals surface area contributed by atoms with Crippen molar-refractivity contribution in [2.45, 2.75) is 51.7 Å². The molecule has 7 N–H and O–H groups in total. The van der Waals surface area contributed by atoms with E-state index in [4.69, 9.17) is 0 Å². The van der Waals surface area contributed by atoms with E-state index in [2.05, 4.69) is 5.32 Å². The van der Waals surface area contributed by atoms with Crippen molar-refractivity contribution in [3.63, 3.8) is 0 Å². The zero-order valence-electron chi connectivity index (χ0n) is 28.8. The van der Waals surface area contributed by atoms with Gasteiger partial charge in [-0.15, -0.1) is 0 Å². The number of carbonyl (C=O) groups excluding carboxylic acids is 4. The summed E-state index contributed by atoms with van der Waals surface area (Å²) in [5, 5.41) is 60.6. The van der Waals surface area contributed by atoms with Gasteiger partial charge in [0.15, 0.2) is 40.4 Å². The molecule has 2 aromatic carbocycles. The third-order valence-electron chi connectivity index (χ3n) is 9.42. The van der Waals surface area contributed by atoms with Crippen LogP contribution in [0.25, 0.3) is 0 Å². The van der Waals surface area contributed by atoms with E-state index in [-0.39, 0.29) is 64.1 Å². The Kier molecular flexibility index (Phi) is 12.4. The fourth-order valence-corrected chi connectivity index (χ4v) is 6.68. The number of ketones is 1. The minimum absolute atomic E-state index is 0.0236. The number of aromatic hydroxyl groups is 4. The largest absolute Gasteiger partial charge is 0.504 e. The quantitative estimate of drug-likeness (QED) is 0.0536. The monoisotopic (exact) mass is 732 g/mol. The number of phenols is 4. The number of carbonyl (C=O) groups is 5. The molecular formula is C35H42F2N4O11. The van der Waals surface area contributed by atoms with E-state index < -0.39 is 99.2 Å². The minimum atomic E-state index is -1.30. The summed E-state index contributed by atoms with van der Waals surface area (Å²) in [4.78, 5) is 67.8. The van der Waals surface area contributed by atoms with E-state index in [1.807, 2.05) is 0 Å². The van der Waals surface area contributed by atoms with Gasteiger partial charge in [-0.1, -0.05) is 6.92 Å². The second kappa shape index (κ2) is 16.4. The first-order chi connectivity index (χ1) is 24.5. The van der Waals surface area contributed by atoms with Crippen molar-refractivity contribution >= 4 is 29.5 Å². The molecule has 282 valence electrons. The molecule has 0 unspecified atom stereocenters. The molecule has 4 atom stereocenters. The van der Waals surface area contributed by atoms with Crippen molar-refractivity contribution in [1.29, 1.82) is 0 Å². The molecule has 2 aliphatic rings. The molecule has 4 rings (SSSR count). The van der Waals surface area contributed by atoms with Crippen molar-refractivity contribution in [3.8, 4) is 23.0 Å². The highest BCUT2D eigenvalue weighted by Crippen LogP contribution is 2.47. The topological polar surface area (TPSA) is 228 Å². The van der Waals surface area contributed by atoms with Gasteiger partial charge >= 0.3 is 5.97 Å². The highest BCUT2D eigenvalue weighted by molar-refractivity contribution is 6.00. The summed E-state index contributed by atoms with van der Waals surface area (Å²) in [6.45, 7) is 3.25. The number of rotatable bonds is 17. The lowest BCUT2D eigenvalue weighted by Crippen LogP contribution is -2.63. The number of likely N-dealkylation sites (N-methyl/N-ethyl adjacent to an activating group) is 1. The van der Waals surface area contributed by atoms with Gasteiger partial charge < -0.3 is 45.8 Å². The maximum absolute atomic E-state index is 14.3. The van der Waals surface area contributed by atoms with Crippen LogP contribution in [-0.4, -0.2) is 127 Å². The molecule has 0 bridgehead atoms. The van der Waals surface area contributed by atoms with Crippen molar-refractivity contribution in [2.75, 3.05) is 39.8 Å². The normalized spacial score (nSPS) is 18.6. The lowest BCUT2D eigenvalue weighted by atomic mass is 9.77. The van der Waals surface area contributed by atoms with Gasteiger partial charge in [0.05, 0.1) is 35.7 Å². The van der Waals surface area contributed by atoms with E-state index in [1.54, 1.807) is 18.9 Å². The molecule has 0 spiro atoms. The van der Waals surface area contributed by atoms with Gasteiger partial charge in [-0.2, -0.15) is 0 Å². The number of hydrogen-bond donors (Lipinski definition) is 7. The number of nitrogens with zero attached hydrogens (tertiary/aromatic N) is 3. The number of aliphatic hydroxyl groups is 1. The molecule has 1 saturated heterocycles. The molecule has 3 amide bonds. The van der Waals surface area contributed by atoms with Crippen LogP contribution in [0.1, 0.15) is 60.2 Å². The number of amides is 3. The van der Waals surface area contributed by atoms with E-state index >= 15 is 0 Å². The van der Waals surface area contributed by atoms with Crippen LogP contribution in [0.5, 0.6) is 23.0 Å². The zero-order chi connectivity index (χ0) is 38.6. The fourth-order valence-electron chi connectivity index (χ4n) is 6.68. The van der Waals surface area contributed by atoms with Crippen LogP contribution in [0.4, 0.5) is 8.78 Å². The number of carboxylic acids is 1. The number of aliphatic carboxylic acids is 1. The second-order valence-electron chi connectivity index (χ2n) is 13.1. The van der Waals surface area contributed by atoms with Crippen LogP contribution in [0, 0.1) is 23.5 Å². The average molecular weight is 733 g/mol. The van der Waals surface area contributed by atoms with E-state index in [0.717, 1.165) is 24.3 Å². The number of Topliss-reactive ketones (excluding diaryl/α,β-unsaturated/α-hetero) is 1. The SMILES string of the molecule is C[C@@H](O)[C@H]1C(=O)N2C(C(=O)O)=C(CN(C)CC(=O)N(CCCCC(=O)c3ccc(O)c(O)c3F)CCCNC(=O)c3ccc(O)c(O)c3F)[C@H](C)[C@H]12. The molecule has 1 fully saturated rings. The van der Waals surface area contributed by atoms with Crippen molar-refractivity contribution in [2.24, 2.45) is 11.8 Å². The summed E-state index contributed by atoms with van der Waals surface area (Å²) >= 11 is 0. The predicted molar refractivity (Wildman–Crippen MR) is 178 cm³/mol. The first-order valence-electron chi connectivity index (χ1n) is 16.6. The third kappa shape index (κ3) is 8.10. The van der Waals surface area contributed by atoms with Gasteiger partial charge in [-0.05, 0) is 63.1 Å². The summed E-state index contributed by atoms with van der Waals surface area (Å²) in [6.07, 6.45) is -0.436. The van der Waals surface area contributed by atoms with Crippen LogP contribution < -0.4 is 5.32 Å². The van der Waals surface area contributed by atoms with E-state index in [0.29, 0.717) is 5.57 Å². The Bertz CT molecular complexity index is 1710. The molecule has 17 heteroatoms. The van der Waals surface area contributed by atoms with Gasteiger partial charge in [0, 0.05) is 38.5 Å². The summed E-state index contributed by atoms with van der Waals surface area (Å²) in [6, 6.07) is 3.48. The summed E-state index contributed by atoms with van der Waals surface area (Å²) in [5.74, 6) is -10.9. The summed E-state index contributed by atoms with van der Waals surface area (Å²) in [7, 11) is 1.60. The first kappa shape index (κ1) is 39.5. The number of β-lactam (4-membered cyclic amide) rings is 1. The van der Waals surface area contributed by atoms with Gasteiger partial charge in [0.25, 0.3) is 5.91 Å². The minimum Gasteiger partial charge on any atom is -0.504 e. The summed E-state index contributed by atoms with van der Waals surface area (Å²) < 4.78 is 28.6. The predicted octanol–water partition coefficient (Wildman–Crippen LogP) is 1.92. The Morgan fingerprint density at radius 1 is 0.923 bits per heavy atom. The Morgan fingerprint density at radius 2 is 1.50 bits per heavy atom. The number of halogens is 2. The fraction of sp³-hybridized carbons (Fsp3) is 0.457. The van der Waals surface area contributed by atoms with Crippen LogP contribution in [-0.2, 0) is 14.4 Å². The standard InChI is InChI=1S/C35H42F2N4O11/c1-17-21(30(35(51)52)41-29(17)26(18(2)42)34(41)50)15-39(3)16-25(46)40(13-5-4-7-22(43)19-8-10-23(44)31(47)27(19)36)14-6-12-38-33(49)20-9-11-24(45)32(48)28(20)37/h8-11,17-18,26,29,42,44-45,47-48H,4-7,12-16H2,1-3H3,(H,38,49)(H,51,52)/t17-,18+,26+,29+/m0/s1. The number of unbranched alkanes of at least 4 members (excludes halogenated alkanes) is 1.